The number of phenolic OH excluding ortho intramolecular Hbond substituents is 1. The van der Waals surface area contributed by atoms with Crippen LogP contribution in [0.25, 0.3) is 22.3 Å². The summed E-state index contributed by atoms with van der Waals surface area (Å²) in [5.41, 5.74) is 0.331. The van der Waals surface area contributed by atoms with Gasteiger partial charge in [0.2, 0.25) is 23.7 Å². The van der Waals surface area contributed by atoms with Crippen LogP contribution >= 0.6 is 0 Å². The number of rotatable bonds is 4. The second-order valence-electron chi connectivity index (χ2n) is 5.70. The topological polar surface area (TPSA) is 96.6 Å². The number of phenols is 1. The summed E-state index contributed by atoms with van der Waals surface area (Å²) in [6.45, 7) is 0.0232. The Hall–Kier alpha value is -3.55. The van der Waals surface area contributed by atoms with Gasteiger partial charge in [-0.3, -0.25) is 4.79 Å². The Morgan fingerprint density at radius 3 is 2.48 bits per heavy atom. The monoisotopic (exact) mass is 372 g/mol. The molecule has 27 heavy (non-hydrogen) atoms. The smallest absolute Gasteiger partial charge is 0.239 e. The molecule has 3 aromatic rings. The molecule has 0 aliphatic carbocycles. The largest absolute Gasteiger partial charge is 0.504 e. The first kappa shape index (κ1) is 16.9. The molecule has 1 N–H and O–H groups in total. The van der Waals surface area contributed by atoms with Crippen molar-refractivity contribution < 1.29 is 33.2 Å². The third-order valence-electron chi connectivity index (χ3n) is 4.29. The molecule has 2 heterocycles. The minimum Gasteiger partial charge on any atom is -0.504 e. The van der Waals surface area contributed by atoms with E-state index in [-0.39, 0.29) is 46.5 Å². The first-order chi connectivity index (χ1) is 13.1. The number of methoxy groups -OCH3 is 3. The van der Waals surface area contributed by atoms with Crippen LogP contribution < -0.4 is 29.1 Å². The molecule has 4 rings (SSSR count). The van der Waals surface area contributed by atoms with E-state index in [0.717, 1.165) is 0 Å². The Balaban J connectivity index is 2.06. The van der Waals surface area contributed by atoms with Crippen LogP contribution in [0.2, 0.25) is 0 Å². The third kappa shape index (κ3) is 2.49. The van der Waals surface area contributed by atoms with Crippen molar-refractivity contribution in [3.8, 4) is 45.8 Å². The van der Waals surface area contributed by atoms with Gasteiger partial charge >= 0.3 is 0 Å². The number of benzene rings is 2. The van der Waals surface area contributed by atoms with Crippen molar-refractivity contribution >= 4 is 11.0 Å². The van der Waals surface area contributed by atoms with E-state index in [1.165, 1.54) is 27.4 Å². The fourth-order valence-corrected chi connectivity index (χ4v) is 3.05. The fraction of sp³-hybridized carbons (Fsp3) is 0.211. The van der Waals surface area contributed by atoms with E-state index in [9.17, 15) is 9.90 Å². The van der Waals surface area contributed by atoms with Crippen LogP contribution in [0.15, 0.2) is 33.5 Å². The molecule has 0 fully saturated rings. The average Bonchev–Trinajstić information content (AvgIpc) is 3.14. The minimum atomic E-state index is -0.420. The highest BCUT2D eigenvalue weighted by molar-refractivity contribution is 5.92. The van der Waals surface area contributed by atoms with Crippen molar-refractivity contribution in [3.05, 3.63) is 34.5 Å². The zero-order valence-corrected chi connectivity index (χ0v) is 14.8. The molecule has 1 aromatic heterocycles. The van der Waals surface area contributed by atoms with Crippen molar-refractivity contribution in [2.75, 3.05) is 28.1 Å². The van der Waals surface area contributed by atoms with Gasteiger partial charge in [-0.25, -0.2) is 0 Å². The highest BCUT2D eigenvalue weighted by atomic mass is 16.7. The third-order valence-corrected chi connectivity index (χ3v) is 4.29. The van der Waals surface area contributed by atoms with Crippen molar-refractivity contribution in [1.29, 1.82) is 0 Å². The molecule has 0 saturated carbocycles. The van der Waals surface area contributed by atoms with Crippen LogP contribution in [0.5, 0.6) is 34.5 Å². The standard InChI is InChI=1S/C19H16O8/c1-22-11-6-9(4-5-10(11)20)16-19(24-3)15(21)14-12(27-16)7-13-17(18(14)23-2)26-8-25-13/h4-7,20H,8H2,1-3H3. The number of ether oxygens (including phenoxy) is 5. The molecule has 1 aliphatic rings. The quantitative estimate of drug-likeness (QED) is 0.747. The first-order valence-corrected chi connectivity index (χ1v) is 7.97. The van der Waals surface area contributed by atoms with Gasteiger partial charge in [0.1, 0.15) is 11.0 Å². The Morgan fingerprint density at radius 2 is 1.78 bits per heavy atom. The molecular weight excluding hydrogens is 356 g/mol. The van der Waals surface area contributed by atoms with E-state index in [0.29, 0.717) is 17.1 Å². The number of fused-ring (bicyclic) bond motifs is 2. The van der Waals surface area contributed by atoms with E-state index in [2.05, 4.69) is 0 Å². The zero-order chi connectivity index (χ0) is 19.1. The number of hydrogen-bond donors (Lipinski definition) is 1. The van der Waals surface area contributed by atoms with E-state index in [4.69, 9.17) is 28.1 Å². The van der Waals surface area contributed by atoms with E-state index >= 15 is 0 Å². The molecule has 1 aliphatic heterocycles. The molecule has 0 saturated heterocycles. The van der Waals surface area contributed by atoms with Gasteiger partial charge in [0.05, 0.1) is 21.3 Å². The summed E-state index contributed by atoms with van der Waals surface area (Å²) in [4.78, 5) is 13.1. The van der Waals surface area contributed by atoms with Gasteiger partial charge in [-0.2, -0.15) is 0 Å². The predicted molar refractivity (Wildman–Crippen MR) is 95.4 cm³/mol. The van der Waals surface area contributed by atoms with Crippen molar-refractivity contribution in [3.63, 3.8) is 0 Å². The summed E-state index contributed by atoms with van der Waals surface area (Å²) in [7, 11) is 4.23. The van der Waals surface area contributed by atoms with Crippen molar-refractivity contribution in [2.45, 2.75) is 0 Å². The summed E-state index contributed by atoms with van der Waals surface area (Å²) in [5, 5.41) is 10.0. The maximum atomic E-state index is 13.1. The first-order valence-electron chi connectivity index (χ1n) is 7.97. The van der Waals surface area contributed by atoms with Crippen LogP contribution in [-0.4, -0.2) is 33.2 Å². The lowest BCUT2D eigenvalue weighted by molar-refractivity contribution is 0.171. The van der Waals surface area contributed by atoms with Crippen molar-refractivity contribution in [2.24, 2.45) is 0 Å². The summed E-state index contributed by atoms with van der Waals surface area (Å²) >= 11 is 0. The fourth-order valence-electron chi connectivity index (χ4n) is 3.05. The van der Waals surface area contributed by atoms with Crippen LogP contribution in [0.4, 0.5) is 0 Å². The molecule has 8 nitrogen and oxygen atoms in total. The van der Waals surface area contributed by atoms with Gasteiger partial charge in [-0.1, -0.05) is 0 Å². The Labute approximate surface area is 153 Å². The SMILES string of the molecule is COc1cc(-c2oc3cc4c(c(OC)c3c(=O)c2OC)OCO4)ccc1O. The van der Waals surface area contributed by atoms with Crippen LogP contribution in [0.3, 0.4) is 0 Å². The lowest BCUT2D eigenvalue weighted by atomic mass is 10.1. The highest BCUT2D eigenvalue weighted by Crippen LogP contribution is 2.47. The molecule has 8 heteroatoms. The molecule has 0 spiro atoms. The molecule has 140 valence electrons. The van der Waals surface area contributed by atoms with Gasteiger partial charge in [0, 0.05) is 11.6 Å². The number of aromatic hydroxyl groups is 1. The molecular formula is C19H16O8. The normalized spacial score (nSPS) is 12.3. The number of hydrogen-bond acceptors (Lipinski definition) is 8. The average molecular weight is 372 g/mol. The maximum absolute atomic E-state index is 13.1. The summed E-state index contributed by atoms with van der Waals surface area (Å²) < 4.78 is 32.6. The van der Waals surface area contributed by atoms with Crippen LogP contribution in [-0.2, 0) is 0 Å². The molecule has 0 amide bonds. The van der Waals surface area contributed by atoms with E-state index < -0.39 is 5.43 Å². The summed E-state index contributed by atoms with van der Waals surface area (Å²) in [6.07, 6.45) is 0. The minimum absolute atomic E-state index is 0.00703. The van der Waals surface area contributed by atoms with E-state index in [1.54, 1.807) is 18.2 Å². The Bertz CT molecular complexity index is 1100. The summed E-state index contributed by atoms with van der Waals surface area (Å²) in [6, 6.07) is 6.15. The Morgan fingerprint density at radius 1 is 1.00 bits per heavy atom. The predicted octanol–water partition coefficient (Wildman–Crippen LogP) is 2.92. The van der Waals surface area contributed by atoms with Gasteiger partial charge < -0.3 is 33.2 Å². The second-order valence-corrected chi connectivity index (χ2v) is 5.70. The van der Waals surface area contributed by atoms with Crippen LogP contribution in [0.1, 0.15) is 0 Å². The van der Waals surface area contributed by atoms with Gasteiger partial charge in [0.15, 0.2) is 28.8 Å². The van der Waals surface area contributed by atoms with Gasteiger partial charge in [-0.05, 0) is 18.2 Å². The lowest BCUT2D eigenvalue weighted by Gasteiger charge is -2.13. The zero-order valence-electron chi connectivity index (χ0n) is 14.8. The molecule has 0 atom stereocenters. The Kier molecular flexibility index (Phi) is 3.95. The molecule has 0 bridgehead atoms. The van der Waals surface area contributed by atoms with Gasteiger partial charge in [0.25, 0.3) is 0 Å². The van der Waals surface area contributed by atoms with Gasteiger partial charge in [-0.15, -0.1) is 0 Å². The van der Waals surface area contributed by atoms with E-state index in [1.807, 2.05) is 0 Å². The maximum Gasteiger partial charge on any atom is 0.239 e. The molecule has 0 unspecified atom stereocenters. The summed E-state index contributed by atoms with van der Waals surface area (Å²) in [5.74, 6) is 1.37. The van der Waals surface area contributed by atoms with Crippen molar-refractivity contribution in [1.82, 2.24) is 0 Å². The highest BCUT2D eigenvalue weighted by Gasteiger charge is 2.28. The molecule has 2 aromatic carbocycles. The molecule has 0 radical (unpaired) electrons. The lowest BCUT2D eigenvalue weighted by Crippen LogP contribution is -2.09. The van der Waals surface area contributed by atoms with Crippen LogP contribution in [0, 0.1) is 0 Å². The second kappa shape index (κ2) is 6.31.